The molecule has 0 bridgehead atoms. The highest BCUT2D eigenvalue weighted by Gasteiger charge is 2.48. The fraction of sp³-hybridized carbons (Fsp3) is 0.562. The van der Waals surface area contributed by atoms with Crippen molar-refractivity contribution in [2.75, 3.05) is 7.05 Å². The molecule has 2 unspecified atom stereocenters. The van der Waals surface area contributed by atoms with E-state index in [0.717, 1.165) is 24.8 Å². The highest BCUT2D eigenvalue weighted by molar-refractivity contribution is 6.73. The van der Waals surface area contributed by atoms with Gasteiger partial charge in [0.25, 0.3) is 0 Å². The molecule has 1 aromatic carbocycles. The van der Waals surface area contributed by atoms with Gasteiger partial charge in [-0.2, -0.15) is 0 Å². The summed E-state index contributed by atoms with van der Waals surface area (Å²) in [5.41, 5.74) is 0.263. The van der Waals surface area contributed by atoms with Crippen molar-refractivity contribution in [3.63, 3.8) is 0 Å². The van der Waals surface area contributed by atoms with E-state index in [2.05, 4.69) is 31.3 Å². The minimum absolute atomic E-state index is 0.387. The molecule has 1 fully saturated rings. The number of hydrogen-bond donors (Lipinski definition) is 1. The number of rotatable bonds is 4. The second-order valence-corrected chi connectivity index (χ2v) is 12.0. The summed E-state index contributed by atoms with van der Waals surface area (Å²) >= 11 is 0. The fourth-order valence-electron chi connectivity index (χ4n) is 3.23. The average molecular weight is 291 g/mol. The van der Waals surface area contributed by atoms with Crippen LogP contribution in [0.25, 0.3) is 0 Å². The third kappa shape index (κ3) is 2.67. The molecule has 0 spiro atoms. The van der Waals surface area contributed by atoms with E-state index in [1.165, 1.54) is 0 Å². The molecule has 0 saturated heterocycles. The number of benzene rings is 1. The third-order valence-corrected chi connectivity index (χ3v) is 7.31. The molecule has 0 heterocycles. The monoisotopic (exact) mass is 291 g/mol. The number of carboxylic acids is 1. The Bertz CT molecular complexity index is 483. The fourth-order valence-corrected chi connectivity index (χ4v) is 4.55. The van der Waals surface area contributed by atoms with Gasteiger partial charge in [0.2, 0.25) is 0 Å². The molecule has 1 saturated carbocycles. The average Bonchev–Trinajstić information content (AvgIpc) is 2.84. The maximum atomic E-state index is 11.9. The Kier molecular flexibility index (Phi) is 4.07. The van der Waals surface area contributed by atoms with Crippen LogP contribution in [-0.2, 0) is 10.2 Å². The van der Waals surface area contributed by atoms with Crippen LogP contribution < -0.4 is 0 Å². The SMILES string of the molecule is CN(C1CCC(C(=O)O)(c2ccccc2)C1)[Si](C)(C)C. The van der Waals surface area contributed by atoms with E-state index >= 15 is 0 Å². The zero-order chi connectivity index (χ0) is 15.0. The van der Waals surface area contributed by atoms with Gasteiger partial charge in [0.15, 0.2) is 0 Å². The summed E-state index contributed by atoms with van der Waals surface area (Å²) < 4.78 is 2.46. The maximum absolute atomic E-state index is 11.9. The Balaban J connectivity index is 2.29. The molecule has 1 N–H and O–H groups in total. The molecule has 4 heteroatoms. The molecule has 3 nitrogen and oxygen atoms in total. The Morgan fingerprint density at radius 1 is 1.30 bits per heavy atom. The molecule has 20 heavy (non-hydrogen) atoms. The van der Waals surface area contributed by atoms with Crippen LogP contribution in [0.1, 0.15) is 24.8 Å². The van der Waals surface area contributed by atoms with Crippen molar-refractivity contribution < 1.29 is 9.90 Å². The number of nitrogens with zero attached hydrogens (tertiary/aromatic N) is 1. The van der Waals surface area contributed by atoms with Crippen LogP contribution in [-0.4, -0.2) is 37.0 Å². The van der Waals surface area contributed by atoms with Crippen LogP contribution in [0, 0.1) is 0 Å². The lowest BCUT2D eigenvalue weighted by molar-refractivity contribution is -0.143. The van der Waals surface area contributed by atoms with Crippen molar-refractivity contribution in [1.82, 2.24) is 4.57 Å². The molecule has 0 amide bonds. The van der Waals surface area contributed by atoms with Crippen LogP contribution in [0.15, 0.2) is 30.3 Å². The lowest BCUT2D eigenvalue weighted by Crippen LogP contribution is -2.49. The molecule has 1 aliphatic carbocycles. The molecule has 0 radical (unpaired) electrons. The lowest BCUT2D eigenvalue weighted by Gasteiger charge is -2.36. The minimum Gasteiger partial charge on any atom is -0.481 e. The molecule has 2 rings (SSSR count). The first kappa shape index (κ1) is 15.3. The number of aliphatic carboxylic acids is 1. The van der Waals surface area contributed by atoms with E-state index in [1.807, 2.05) is 30.3 Å². The number of carbonyl (C=O) groups is 1. The first-order valence-electron chi connectivity index (χ1n) is 7.29. The zero-order valence-electron chi connectivity index (χ0n) is 12.9. The van der Waals surface area contributed by atoms with Crippen molar-refractivity contribution in [3.05, 3.63) is 35.9 Å². The van der Waals surface area contributed by atoms with Crippen LogP contribution >= 0.6 is 0 Å². The molecular weight excluding hydrogens is 266 g/mol. The van der Waals surface area contributed by atoms with Crippen molar-refractivity contribution in [2.45, 2.75) is 50.4 Å². The highest BCUT2D eigenvalue weighted by Crippen LogP contribution is 2.43. The first-order chi connectivity index (χ1) is 9.27. The van der Waals surface area contributed by atoms with Gasteiger partial charge in [-0.1, -0.05) is 50.0 Å². The van der Waals surface area contributed by atoms with Crippen molar-refractivity contribution in [1.29, 1.82) is 0 Å². The van der Waals surface area contributed by atoms with E-state index < -0.39 is 19.6 Å². The van der Waals surface area contributed by atoms with Gasteiger partial charge >= 0.3 is 5.97 Å². The van der Waals surface area contributed by atoms with Gasteiger partial charge in [-0.3, -0.25) is 4.79 Å². The summed E-state index contributed by atoms with van der Waals surface area (Å²) in [5.74, 6) is -0.671. The van der Waals surface area contributed by atoms with E-state index in [-0.39, 0.29) is 0 Å². The largest absolute Gasteiger partial charge is 0.481 e. The van der Waals surface area contributed by atoms with Crippen LogP contribution in [0.3, 0.4) is 0 Å². The van der Waals surface area contributed by atoms with Crippen LogP contribution in [0.4, 0.5) is 0 Å². The van der Waals surface area contributed by atoms with Crippen molar-refractivity contribution in [3.8, 4) is 0 Å². The molecule has 1 aliphatic rings. The summed E-state index contributed by atoms with van der Waals surface area (Å²) in [4.78, 5) is 11.9. The maximum Gasteiger partial charge on any atom is 0.314 e. The highest BCUT2D eigenvalue weighted by atomic mass is 28.3. The quantitative estimate of drug-likeness (QED) is 0.865. The Morgan fingerprint density at radius 3 is 2.40 bits per heavy atom. The molecule has 2 atom stereocenters. The predicted molar refractivity (Wildman–Crippen MR) is 84.5 cm³/mol. The zero-order valence-corrected chi connectivity index (χ0v) is 13.9. The molecule has 110 valence electrons. The topological polar surface area (TPSA) is 40.5 Å². The summed E-state index contributed by atoms with van der Waals surface area (Å²) in [5, 5.41) is 9.81. The van der Waals surface area contributed by atoms with Gasteiger partial charge in [-0.15, -0.1) is 0 Å². The van der Waals surface area contributed by atoms with Gasteiger partial charge in [0.05, 0.1) is 5.41 Å². The smallest absolute Gasteiger partial charge is 0.314 e. The summed E-state index contributed by atoms with van der Waals surface area (Å²) in [6.07, 6.45) is 2.45. The molecule has 1 aromatic rings. The Hall–Kier alpha value is -1.13. The van der Waals surface area contributed by atoms with Crippen LogP contribution in [0.2, 0.25) is 19.6 Å². The predicted octanol–water partition coefficient (Wildman–Crippen LogP) is 3.33. The van der Waals surface area contributed by atoms with E-state index in [4.69, 9.17) is 0 Å². The third-order valence-electron chi connectivity index (χ3n) is 4.83. The standard InChI is InChI=1S/C16H25NO2Si/c1-17(20(2,3)4)14-10-11-16(12-14,15(18)19)13-8-6-5-7-9-13/h5-9,14H,10-12H2,1-4H3,(H,18,19). The second kappa shape index (κ2) is 5.33. The lowest BCUT2D eigenvalue weighted by atomic mass is 9.79. The van der Waals surface area contributed by atoms with E-state index in [9.17, 15) is 9.90 Å². The number of carboxylic acid groups (broad SMARTS) is 1. The van der Waals surface area contributed by atoms with Gasteiger partial charge in [-0.05, 0) is 31.9 Å². The van der Waals surface area contributed by atoms with Gasteiger partial charge < -0.3 is 9.67 Å². The van der Waals surface area contributed by atoms with Crippen molar-refractivity contribution in [2.24, 2.45) is 0 Å². The van der Waals surface area contributed by atoms with Crippen molar-refractivity contribution >= 4 is 14.2 Å². The van der Waals surface area contributed by atoms with Gasteiger partial charge in [0.1, 0.15) is 8.24 Å². The normalized spacial score (nSPS) is 26.9. The molecular formula is C16H25NO2Si. The molecule has 0 aromatic heterocycles. The summed E-state index contributed by atoms with van der Waals surface area (Å²) in [7, 11) is 0.783. The second-order valence-electron chi connectivity index (χ2n) is 6.93. The Morgan fingerprint density at radius 2 is 1.90 bits per heavy atom. The van der Waals surface area contributed by atoms with E-state index in [1.54, 1.807) is 0 Å². The summed E-state index contributed by atoms with van der Waals surface area (Å²) in [6.45, 7) is 6.95. The molecule has 0 aliphatic heterocycles. The van der Waals surface area contributed by atoms with Gasteiger partial charge in [-0.25, -0.2) is 0 Å². The van der Waals surface area contributed by atoms with Gasteiger partial charge in [0, 0.05) is 6.04 Å². The van der Waals surface area contributed by atoms with Crippen LogP contribution in [0.5, 0.6) is 0 Å². The first-order valence-corrected chi connectivity index (χ1v) is 10.7. The Labute approximate surface area is 122 Å². The minimum atomic E-state index is -1.38. The number of hydrogen-bond acceptors (Lipinski definition) is 2. The summed E-state index contributed by atoms with van der Waals surface area (Å²) in [6, 6.07) is 10.1. The van der Waals surface area contributed by atoms with E-state index in [0.29, 0.717) is 6.04 Å².